The van der Waals surface area contributed by atoms with Crippen LogP contribution in [0.5, 0.6) is 0 Å². The average molecular weight is 385 g/mol. The van der Waals surface area contributed by atoms with Gasteiger partial charge in [-0.2, -0.15) is 0 Å². The first kappa shape index (κ1) is 18.0. The van der Waals surface area contributed by atoms with Crippen molar-refractivity contribution in [2.24, 2.45) is 0 Å². The number of hydrogen-bond acceptors (Lipinski definition) is 5. The van der Waals surface area contributed by atoms with Crippen molar-refractivity contribution >= 4 is 33.3 Å². The summed E-state index contributed by atoms with van der Waals surface area (Å²) in [6.45, 7) is 9.77. The standard InChI is InChI=1S/C20H24N4O2S/c1-12-4-5-13(2)17-16(12)14(3)18(23-17)19(25)21-10-15-11-27-20(22-15)24-6-8-26-9-7-24/h4-5,11,23H,6-10H2,1-3H3,(H,21,25). The van der Waals surface area contributed by atoms with E-state index in [0.29, 0.717) is 12.2 Å². The molecule has 2 aromatic heterocycles. The second-order valence-corrected chi connectivity index (χ2v) is 7.81. The predicted molar refractivity (Wildman–Crippen MR) is 109 cm³/mol. The maximum atomic E-state index is 12.7. The van der Waals surface area contributed by atoms with Crippen LogP contribution in [-0.4, -0.2) is 42.2 Å². The summed E-state index contributed by atoms with van der Waals surface area (Å²) >= 11 is 1.61. The van der Waals surface area contributed by atoms with E-state index in [1.165, 1.54) is 5.56 Å². The summed E-state index contributed by atoms with van der Waals surface area (Å²) in [7, 11) is 0. The number of fused-ring (bicyclic) bond motifs is 1. The summed E-state index contributed by atoms with van der Waals surface area (Å²) in [5, 5.41) is 7.15. The number of amides is 1. The largest absolute Gasteiger partial charge is 0.378 e. The monoisotopic (exact) mass is 384 g/mol. The van der Waals surface area contributed by atoms with Crippen LogP contribution in [0.15, 0.2) is 17.5 Å². The Kier molecular flexibility index (Phi) is 4.88. The minimum Gasteiger partial charge on any atom is -0.378 e. The molecule has 1 amide bonds. The van der Waals surface area contributed by atoms with Crippen LogP contribution in [0.1, 0.15) is 32.9 Å². The summed E-state index contributed by atoms with van der Waals surface area (Å²) in [5.41, 5.74) is 5.88. The number of hydrogen-bond donors (Lipinski definition) is 2. The number of carbonyl (C=O) groups is 1. The third kappa shape index (κ3) is 3.44. The molecule has 0 spiro atoms. The summed E-state index contributed by atoms with van der Waals surface area (Å²) in [5.74, 6) is -0.0941. The number of ether oxygens (including phenoxy) is 1. The molecular formula is C20H24N4O2S. The van der Waals surface area contributed by atoms with E-state index in [1.54, 1.807) is 11.3 Å². The highest BCUT2D eigenvalue weighted by atomic mass is 32.1. The van der Waals surface area contributed by atoms with Crippen molar-refractivity contribution in [2.75, 3.05) is 31.2 Å². The molecule has 0 aliphatic carbocycles. The van der Waals surface area contributed by atoms with Crippen LogP contribution in [0.4, 0.5) is 5.13 Å². The number of morpholine rings is 1. The Morgan fingerprint density at radius 1 is 1.26 bits per heavy atom. The lowest BCUT2D eigenvalue weighted by atomic mass is 10.0. The van der Waals surface area contributed by atoms with Gasteiger partial charge in [-0.1, -0.05) is 12.1 Å². The molecule has 7 heteroatoms. The maximum absolute atomic E-state index is 12.7. The van der Waals surface area contributed by atoms with Crippen molar-refractivity contribution in [3.63, 3.8) is 0 Å². The molecule has 0 unspecified atom stereocenters. The number of thiazole rings is 1. The number of nitrogens with zero attached hydrogens (tertiary/aromatic N) is 2. The van der Waals surface area contributed by atoms with Crippen molar-refractivity contribution in [1.29, 1.82) is 0 Å². The highest BCUT2D eigenvalue weighted by Crippen LogP contribution is 2.27. The zero-order valence-electron chi connectivity index (χ0n) is 15.9. The normalized spacial score (nSPS) is 14.7. The van der Waals surface area contributed by atoms with E-state index in [2.05, 4.69) is 46.2 Å². The van der Waals surface area contributed by atoms with Gasteiger partial charge in [-0.3, -0.25) is 4.79 Å². The number of H-pyrrole nitrogens is 1. The number of nitrogens with one attached hydrogen (secondary N) is 2. The van der Waals surface area contributed by atoms with Crippen LogP contribution >= 0.6 is 11.3 Å². The van der Waals surface area contributed by atoms with E-state index in [1.807, 2.05) is 12.3 Å². The van der Waals surface area contributed by atoms with Gasteiger partial charge in [-0.15, -0.1) is 11.3 Å². The fourth-order valence-electron chi connectivity index (χ4n) is 3.56. The fraction of sp³-hybridized carbons (Fsp3) is 0.400. The Labute approximate surface area is 162 Å². The number of anilines is 1. The highest BCUT2D eigenvalue weighted by molar-refractivity contribution is 7.13. The van der Waals surface area contributed by atoms with Gasteiger partial charge in [0, 0.05) is 29.4 Å². The number of aromatic nitrogens is 2. The van der Waals surface area contributed by atoms with Crippen LogP contribution in [0.2, 0.25) is 0 Å². The minimum absolute atomic E-state index is 0.0941. The molecule has 1 aliphatic rings. The molecule has 1 fully saturated rings. The summed E-state index contributed by atoms with van der Waals surface area (Å²) < 4.78 is 5.38. The van der Waals surface area contributed by atoms with Gasteiger partial charge < -0.3 is 19.9 Å². The minimum atomic E-state index is -0.0941. The molecule has 0 radical (unpaired) electrons. The van der Waals surface area contributed by atoms with E-state index >= 15 is 0 Å². The number of rotatable bonds is 4. The molecule has 3 heterocycles. The van der Waals surface area contributed by atoms with Crippen molar-refractivity contribution < 1.29 is 9.53 Å². The Bertz CT molecular complexity index is 985. The zero-order valence-corrected chi connectivity index (χ0v) is 16.7. The van der Waals surface area contributed by atoms with E-state index < -0.39 is 0 Å². The predicted octanol–water partition coefficient (Wildman–Crippen LogP) is 3.32. The third-order valence-electron chi connectivity index (χ3n) is 5.10. The van der Waals surface area contributed by atoms with Gasteiger partial charge in [0.2, 0.25) is 0 Å². The zero-order chi connectivity index (χ0) is 19.0. The molecule has 4 rings (SSSR count). The molecule has 3 aromatic rings. The Morgan fingerprint density at radius 2 is 2.00 bits per heavy atom. The lowest BCUT2D eigenvalue weighted by Crippen LogP contribution is -2.36. The number of carbonyl (C=O) groups excluding carboxylic acids is 1. The summed E-state index contributed by atoms with van der Waals surface area (Å²) in [6, 6.07) is 4.18. The molecule has 6 nitrogen and oxygen atoms in total. The molecule has 1 aliphatic heterocycles. The smallest absolute Gasteiger partial charge is 0.268 e. The van der Waals surface area contributed by atoms with Gasteiger partial charge in [0.25, 0.3) is 5.91 Å². The Balaban J connectivity index is 1.48. The molecule has 0 atom stereocenters. The van der Waals surface area contributed by atoms with Crippen molar-refractivity contribution in [3.05, 3.63) is 45.6 Å². The van der Waals surface area contributed by atoms with Gasteiger partial charge in [0.15, 0.2) is 5.13 Å². The van der Waals surface area contributed by atoms with Crippen LogP contribution in [0.25, 0.3) is 10.9 Å². The average Bonchev–Trinajstić information content (AvgIpc) is 3.29. The van der Waals surface area contributed by atoms with Crippen molar-refractivity contribution in [2.45, 2.75) is 27.3 Å². The first-order chi connectivity index (χ1) is 13.0. The van der Waals surface area contributed by atoms with Gasteiger partial charge in [0.05, 0.1) is 25.5 Å². The molecular weight excluding hydrogens is 360 g/mol. The van der Waals surface area contributed by atoms with Crippen molar-refractivity contribution in [3.8, 4) is 0 Å². The molecule has 0 bridgehead atoms. The second kappa shape index (κ2) is 7.32. The number of aromatic amines is 1. The lowest BCUT2D eigenvalue weighted by molar-refractivity contribution is 0.0945. The number of benzene rings is 1. The fourth-order valence-corrected chi connectivity index (χ4v) is 4.44. The molecule has 27 heavy (non-hydrogen) atoms. The van der Waals surface area contributed by atoms with Gasteiger partial charge in [-0.25, -0.2) is 4.98 Å². The van der Waals surface area contributed by atoms with E-state index in [4.69, 9.17) is 4.74 Å². The van der Waals surface area contributed by atoms with Crippen molar-refractivity contribution in [1.82, 2.24) is 15.3 Å². The first-order valence-electron chi connectivity index (χ1n) is 9.18. The Hall–Kier alpha value is -2.38. The molecule has 2 N–H and O–H groups in total. The van der Waals surface area contributed by atoms with Gasteiger partial charge in [0.1, 0.15) is 5.69 Å². The molecule has 142 valence electrons. The second-order valence-electron chi connectivity index (χ2n) is 6.98. The molecule has 0 saturated carbocycles. The first-order valence-corrected chi connectivity index (χ1v) is 10.1. The third-order valence-corrected chi connectivity index (χ3v) is 6.05. The summed E-state index contributed by atoms with van der Waals surface area (Å²) in [4.78, 5) is 22.9. The quantitative estimate of drug-likeness (QED) is 0.724. The number of aryl methyl sites for hydroxylation is 3. The summed E-state index contributed by atoms with van der Waals surface area (Å²) in [6.07, 6.45) is 0. The van der Waals surface area contributed by atoms with Gasteiger partial charge >= 0.3 is 0 Å². The highest BCUT2D eigenvalue weighted by Gasteiger charge is 2.18. The van der Waals surface area contributed by atoms with E-state index in [0.717, 1.165) is 59.2 Å². The SMILES string of the molecule is Cc1ccc(C)c2c(C)c(C(=O)NCc3csc(N4CCOCC4)n3)[nH]c12. The molecule has 1 aromatic carbocycles. The van der Waals surface area contributed by atoms with Crippen LogP contribution < -0.4 is 10.2 Å². The Morgan fingerprint density at radius 3 is 2.74 bits per heavy atom. The lowest BCUT2D eigenvalue weighted by Gasteiger charge is -2.26. The topological polar surface area (TPSA) is 70.2 Å². The van der Waals surface area contributed by atoms with Crippen LogP contribution in [0.3, 0.4) is 0 Å². The van der Waals surface area contributed by atoms with E-state index in [-0.39, 0.29) is 5.91 Å². The molecule has 1 saturated heterocycles. The van der Waals surface area contributed by atoms with Crippen LogP contribution in [0, 0.1) is 20.8 Å². The van der Waals surface area contributed by atoms with Crippen LogP contribution in [-0.2, 0) is 11.3 Å². The van der Waals surface area contributed by atoms with E-state index in [9.17, 15) is 4.79 Å². The van der Waals surface area contributed by atoms with Gasteiger partial charge in [-0.05, 0) is 37.5 Å². The maximum Gasteiger partial charge on any atom is 0.268 e.